The predicted octanol–water partition coefficient (Wildman–Crippen LogP) is 6.02. The molecule has 0 bridgehead atoms. The number of anilines is 2. The van der Waals surface area contributed by atoms with E-state index in [1.54, 1.807) is 41.1 Å². The van der Waals surface area contributed by atoms with Gasteiger partial charge in [0, 0.05) is 29.3 Å². The van der Waals surface area contributed by atoms with E-state index in [0.29, 0.717) is 28.6 Å². The molecule has 0 fully saturated rings. The van der Waals surface area contributed by atoms with Gasteiger partial charge in [0.25, 0.3) is 5.91 Å². The fraction of sp³-hybridized carbons (Fsp3) is 0.296. The first kappa shape index (κ1) is 27.4. The molecule has 0 radical (unpaired) electrons. The third-order valence-corrected chi connectivity index (χ3v) is 6.95. The van der Waals surface area contributed by atoms with E-state index in [0.717, 1.165) is 15.9 Å². The van der Waals surface area contributed by atoms with E-state index >= 15 is 0 Å². The van der Waals surface area contributed by atoms with Crippen LogP contribution in [-0.4, -0.2) is 45.9 Å². The average molecular weight is 575 g/mol. The standard InChI is InChI=1S/C27H26ClF3N6O3/c1-15-10-24(35-36(15)14-16-4-7-18(28)8-5-16)33-26(38)20-13-25-32-19(12-23(27(29,30)31)37(25)34-20)17-6-9-21(39-2)22(11-17)40-3/h4-11,13,19,23,32H,12,14H2,1-3H3,(H,33,35,38)/t19-,23-/m0/s1. The summed E-state index contributed by atoms with van der Waals surface area (Å²) in [6.45, 7) is 2.28. The van der Waals surface area contributed by atoms with Crippen molar-refractivity contribution in [1.82, 2.24) is 19.6 Å². The SMILES string of the molecule is COc1ccc([C@@H]2C[C@@H](C(F)(F)F)n3nc(C(=O)Nc4cc(C)n(Cc5ccc(Cl)cc5)n4)cc3N2)cc1OC. The van der Waals surface area contributed by atoms with E-state index in [9.17, 15) is 18.0 Å². The van der Waals surface area contributed by atoms with Crippen LogP contribution in [0.2, 0.25) is 5.02 Å². The summed E-state index contributed by atoms with van der Waals surface area (Å²) in [6.07, 6.45) is -4.92. The van der Waals surface area contributed by atoms with Gasteiger partial charge in [0.05, 0.1) is 26.8 Å². The van der Waals surface area contributed by atoms with Crippen LogP contribution in [0.4, 0.5) is 24.8 Å². The highest BCUT2D eigenvalue weighted by Gasteiger charge is 2.47. The normalized spacial score (nSPS) is 16.7. The van der Waals surface area contributed by atoms with Gasteiger partial charge in [0.15, 0.2) is 29.1 Å². The van der Waals surface area contributed by atoms with Crippen molar-refractivity contribution in [3.05, 3.63) is 82.1 Å². The van der Waals surface area contributed by atoms with Crippen LogP contribution in [0.5, 0.6) is 11.5 Å². The summed E-state index contributed by atoms with van der Waals surface area (Å²) in [6, 6.07) is 12.6. The minimum absolute atomic E-state index is 0.0722. The number of rotatable bonds is 7. The number of nitrogens with one attached hydrogen (secondary N) is 2. The Labute approximate surface area is 232 Å². The van der Waals surface area contributed by atoms with Gasteiger partial charge in [-0.15, -0.1) is 0 Å². The Morgan fingerprint density at radius 2 is 1.80 bits per heavy atom. The molecule has 1 aliphatic rings. The molecule has 1 amide bonds. The Balaban J connectivity index is 1.37. The molecular formula is C27H26ClF3N6O3. The number of methoxy groups -OCH3 is 2. The zero-order valence-electron chi connectivity index (χ0n) is 21.8. The molecule has 9 nitrogen and oxygen atoms in total. The molecule has 210 valence electrons. The minimum Gasteiger partial charge on any atom is -0.493 e. The maximum absolute atomic E-state index is 14.1. The molecule has 0 saturated carbocycles. The first-order chi connectivity index (χ1) is 19.0. The monoisotopic (exact) mass is 574 g/mol. The smallest absolute Gasteiger partial charge is 0.410 e. The summed E-state index contributed by atoms with van der Waals surface area (Å²) >= 11 is 5.95. The quantitative estimate of drug-likeness (QED) is 0.280. The van der Waals surface area contributed by atoms with Gasteiger partial charge in [-0.3, -0.25) is 9.48 Å². The molecule has 40 heavy (non-hydrogen) atoms. The van der Waals surface area contributed by atoms with Gasteiger partial charge in [0.1, 0.15) is 5.82 Å². The number of ether oxygens (including phenoxy) is 2. The number of carbonyl (C=O) groups is 1. The zero-order chi connectivity index (χ0) is 28.6. The molecule has 3 heterocycles. The van der Waals surface area contributed by atoms with Crippen molar-refractivity contribution in [2.75, 3.05) is 24.9 Å². The largest absolute Gasteiger partial charge is 0.493 e. The Bertz CT molecular complexity index is 1530. The predicted molar refractivity (Wildman–Crippen MR) is 143 cm³/mol. The van der Waals surface area contributed by atoms with Crippen LogP contribution in [0.1, 0.15) is 45.8 Å². The summed E-state index contributed by atoms with van der Waals surface area (Å²) < 4.78 is 55.4. The third kappa shape index (κ3) is 5.57. The van der Waals surface area contributed by atoms with Crippen LogP contribution in [0.25, 0.3) is 0 Å². The number of fused-ring (bicyclic) bond motifs is 1. The zero-order valence-corrected chi connectivity index (χ0v) is 22.5. The number of aryl methyl sites for hydroxylation is 1. The molecule has 2 aromatic carbocycles. The van der Waals surface area contributed by atoms with Crippen molar-refractivity contribution in [3.8, 4) is 11.5 Å². The summed E-state index contributed by atoms with van der Waals surface area (Å²) in [4.78, 5) is 13.0. The molecule has 2 atom stereocenters. The van der Waals surface area contributed by atoms with Crippen LogP contribution in [0.15, 0.2) is 54.6 Å². The Kier molecular flexibility index (Phi) is 7.37. The van der Waals surface area contributed by atoms with Gasteiger partial charge >= 0.3 is 6.18 Å². The molecule has 13 heteroatoms. The first-order valence-electron chi connectivity index (χ1n) is 12.3. The number of carbonyl (C=O) groups excluding carboxylic acids is 1. The Morgan fingerprint density at radius 1 is 1.07 bits per heavy atom. The lowest BCUT2D eigenvalue weighted by Crippen LogP contribution is -2.35. The van der Waals surface area contributed by atoms with E-state index in [-0.39, 0.29) is 23.8 Å². The van der Waals surface area contributed by atoms with Crippen LogP contribution < -0.4 is 20.1 Å². The Morgan fingerprint density at radius 3 is 2.48 bits per heavy atom. The van der Waals surface area contributed by atoms with Gasteiger partial charge in [0.2, 0.25) is 0 Å². The summed E-state index contributed by atoms with van der Waals surface area (Å²) in [7, 11) is 2.93. The second kappa shape index (κ2) is 10.8. The highest BCUT2D eigenvalue weighted by Crippen LogP contribution is 2.44. The van der Waals surface area contributed by atoms with Crippen molar-refractivity contribution in [2.45, 2.75) is 38.1 Å². The number of benzene rings is 2. The number of hydrogen-bond acceptors (Lipinski definition) is 6. The topological polar surface area (TPSA) is 95.2 Å². The second-order valence-electron chi connectivity index (χ2n) is 9.37. The maximum atomic E-state index is 14.1. The lowest BCUT2D eigenvalue weighted by atomic mass is 9.96. The lowest BCUT2D eigenvalue weighted by molar-refractivity contribution is -0.173. The fourth-order valence-electron chi connectivity index (χ4n) is 4.65. The molecule has 0 saturated heterocycles. The second-order valence-corrected chi connectivity index (χ2v) is 9.81. The summed E-state index contributed by atoms with van der Waals surface area (Å²) in [5.74, 6) is 0.511. The van der Waals surface area contributed by atoms with Crippen LogP contribution in [0, 0.1) is 6.92 Å². The van der Waals surface area contributed by atoms with Gasteiger partial charge in [-0.05, 0) is 42.3 Å². The average Bonchev–Trinajstić information content (AvgIpc) is 3.51. The molecule has 2 aromatic heterocycles. The van der Waals surface area contributed by atoms with E-state index in [1.165, 1.54) is 20.3 Å². The molecule has 2 N–H and O–H groups in total. The summed E-state index contributed by atoms with van der Waals surface area (Å²) in [5.41, 5.74) is 2.15. The van der Waals surface area contributed by atoms with Crippen LogP contribution >= 0.6 is 11.6 Å². The molecule has 0 aliphatic carbocycles. The van der Waals surface area contributed by atoms with Gasteiger partial charge < -0.3 is 20.1 Å². The van der Waals surface area contributed by atoms with Crippen molar-refractivity contribution < 1.29 is 27.4 Å². The Hall–Kier alpha value is -4.19. The number of hydrogen-bond donors (Lipinski definition) is 2. The summed E-state index contributed by atoms with van der Waals surface area (Å²) in [5, 5.41) is 14.8. The van der Waals surface area contributed by atoms with E-state index in [1.807, 2.05) is 19.1 Å². The number of alkyl halides is 3. The first-order valence-corrected chi connectivity index (χ1v) is 12.7. The molecule has 5 rings (SSSR count). The van der Waals surface area contributed by atoms with E-state index in [4.69, 9.17) is 21.1 Å². The van der Waals surface area contributed by atoms with Crippen LogP contribution in [0.3, 0.4) is 0 Å². The van der Waals surface area contributed by atoms with Crippen molar-refractivity contribution in [1.29, 1.82) is 0 Å². The highest BCUT2D eigenvalue weighted by molar-refractivity contribution is 6.30. The molecule has 4 aromatic rings. The molecule has 0 spiro atoms. The van der Waals surface area contributed by atoms with Crippen molar-refractivity contribution in [3.63, 3.8) is 0 Å². The van der Waals surface area contributed by atoms with Gasteiger partial charge in [-0.2, -0.15) is 23.4 Å². The number of halogens is 4. The van der Waals surface area contributed by atoms with Crippen molar-refractivity contribution in [2.24, 2.45) is 0 Å². The molecular weight excluding hydrogens is 549 g/mol. The van der Waals surface area contributed by atoms with E-state index in [2.05, 4.69) is 20.8 Å². The third-order valence-electron chi connectivity index (χ3n) is 6.70. The van der Waals surface area contributed by atoms with Gasteiger partial charge in [-0.1, -0.05) is 29.8 Å². The lowest BCUT2D eigenvalue weighted by Gasteiger charge is -2.33. The van der Waals surface area contributed by atoms with Crippen molar-refractivity contribution >= 4 is 29.1 Å². The fourth-order valence-corrected chi connectivity index (χ4v) is 4.77. The number of aromatic nitrogens is 4. The van der Waals surface area contributed by atoms with Crippen LogP contribution in [-0.2, 0) is 6.54 Å². The minimum atomic E-state index is -4.59. The number of nitrogens with zero attached hydrogens (tertiary/aromatic N) is 4. The van der Waals surface area contributed by atoms with Gasteiger partial charge in [-0.25, -0.2) is 4.68 Å². The molecule has 1 aliphatic heterocycles. The number of amides is 1. The van der Waals surface area contributed by atoms with E-state index < -0.39 is 24.2 Å². The molecule has 0 unspecified atom stereocenters. The maximum Gasteiger partial charge on any atom is 0.410 e. The highest BCUT2D eigenvalue weighted by atomic mass is 35.5.